The van der Waals surface area contributed by atoms with Gasteiger partial charge in [-0.1, -0.05) is 11.6 Å². The van der Waals surface area contributed by atoms with Gasteiger partial charge in [0.15, 0.2) is 0 Å². The first-order valence-electron chi connectivity index (χ1n) is 11.6. The van der Waals surface area contributed by atoms with E-state index in [-0.39, 0.29) is 22.0 Å². The van der Waals surface area contributed by atoms with Crippen LogP contribution in [0.4, 0.5) is 30.2 Å². The number of nitrogens with zero attached hydrogens (tertiary/aromatic N) is 1. The van der Waals surface area contributed by atoms with Crippen LogP contribution < -0.4 is 19.1 Å². The van der Waals surface area contributed by atoms with Crippen LogP contribution >= 0.6 is 11.6 Å². The summed E-state index contributed by atoms with van der Waals surface area (Å²) in [5, 5.41) is 1.95. The molecular weight excluding hydrogens is 595 g/mol. The number of hydrogen-bond acceptors (Lipinski definition) is 6. The quantitative estimate of drug-likeness (QED) is 0.315. The highest BCUT2D eigenvalue weighted by atomic mass is 35.5. The van der Waals surface area contributed by atoms with Crippen molar-refractivity contribution in [2.24, 2.45) is 0 Å². The van der Waals surface area contributed by atoms with Crippen molar-refractivity contribution in [3.8, 4) is 5.75 Å². The molecule has 0 aliphatic rings. The van der Waals surface area contributed by atoms with Crippen molar-refractivity contribution in [1.29, 1.82) is 0 Å². The van der Waals surface area contributed by atoms with E-state index >= 15 is 0 Å². The lowest BCUT2D eigenvalue weighted by Gasteiger charge is -2.28. The normalized spacial score (nSPS) is 12.9. The number of ether oxygens (including phenoxy) is 1. The van der Waals surface area contributed by atoms with Crippen molar-refractivity contribution in [2.75, 3.05) is 27.2 Å². The van der Waals surface area contributed by atoms with Gasteiger partial charge in [0.1, 0.15) is 11.8 Å². The number of anilines is 3. The first-order valence-corrected chi connectivity index (χ1v) is 15.3. The molecule has 0 fully saturated rings. The molecule has 0 saturated carbocycles. The van der Waals surface area contributed by atoms with Crippen LogP contribution in [0.5, 0.6) is 5.75 Å². The molecule has 0 bridgehead atoms. The summed E-state index contributed by atoms with van der Waals surface area (Å²) in [5.74, 6) is -0.174. The number of alkyl halides is 3. The molecule has 15 heteroatoms. The first kappa shape index (κ1) is 31.0. The van der Waals surface area contributed by atoms with E-state index in [0.29, 0.717) is 18.4 Å². The molecule has 9 nitrogen and oxygen atoms in total. The fraction of sp³-hybridized carbons (Fsp3) is 0.240. The van der Waals surface area contributed by atoms with E-state index in [9.17, 15) is 34.8 Å². The van der Waals surface area contributed by atoms with Gasteiger partial charge in [-0.15, -0.1) is 0 Å². The maximum absolute atomic E-state index is 13.1. The minimum Gasteiger partial charge on any atom is -0.494 e. The lowest BCUT2D eigenvalue weighted by molar-refractivity contribution is -0.137. The van der Waals surface area contributed by atoms with E-state index in [1.807, 2.05) is 0 Å². The number of nitrogens with one attached hydrogen (secondary N) is 2. The molecule has 0 unspecified atom stereocenters. The Bertz CT molecular complexity index is 1580. The van der Waals surface area contributed by atoms with Crippen LogP contribution in [0.2, 0.25) is 5.02 Å². The van der Waals surface area contributed by atoms with Crippen LogP contribution in [-0.2, 0) is 31.0 Å². The first-order chi connectivity index (χ1) is 18.5. The van der Waals surface area contributed by atoms with Gasteiger partial charge in [-0.3, -0.25) is 13.8 Å². The molecule has 0 saturated heterocycles. The van der Waals surface area contributed by atoms with Gasteiger partial charge in [0.25, 0.3) is 10.0 Å². The predicted molar refractivity (Wildman–Crippen MR) is 147 cm³/mol. The van der Waals surface area contributed by atoms with Gasteiger partial charge in [0.05, 0.1) is 34.0 Å². The predicted octanol–water partition coefficient (Wildman–Crippen LogP) is 5.35. The second-order valence-corrected chi connectivity index (χ2v) is 12.4. The molecule has 0 aromatic heterocycles. The Morgan fingerprint density at radius 1 is 0.975 bits per heavy atom. The monoisotopic (exact) mass is 619 g/mol. The van der Waals surface area contributed by atoms with Crippen molar-refractivity contribution in [3.63, 3.8) is 0 Å². The summed E-state index contributed by atoms with van der Waals surface area (Å²) >= 11 is 5.57. The summed E-state index contributed by atoms with van der Waals surface area (Å²) in [7, 11) is -8.18. The van der Waals surface area contributed by atoms with Gasteiger partial charge in [0, 0.05) is 11.4 Å². The van der Waals surface area contributed by atoms with Crippen molar-refractivity contribution in [3.05, 3.63) is 77.3 Å². The Hall–Kier alpha value is -3.49. The van der Waals surface area contributed by atoms with E-state index in [0.717, 1.165) is 34.8 Å². The van der Waals surface area contributed by atoms with Crippen LogP contribution in [-0.4, -0.2) is 41.6 Å². The van der Waals surface area contributed by atoms with E-state index in [2.05, 4.69) is 10.0 Å². The lowest BCUT2D eigenvalue weighted by atomic mass is 10.2. The number of rotatable bonds is 10. The summed E-state index contributed by atoms with van der Waals surface area (Å²) in [6.45, 7) is 3.61. The molecule has 3 aromatic rings. The average Bonchev–Trinajstić information content (AvgIpc) is 2.85. The Labute approximate surface area is 235 Å². The Kier molecular flexibility index (Phi) is 9.27. The number of halogens is 4. The molecule has 0 aliphatic heterocycles. The second-order valence-electron chi connectivity index (χ2n) is 8.47. The van der Waals surface area contributed by atoms with Crippen molar-refractivity contribution in [1.82, 2.24) is 0 Å². The summed E-state index contributed by atoms with van der Waals surface area (Å²) < 4.78 is 98.1. The molecule has 2 N–H and O–H groups in total. The highest BCUT2D eigenvalue weighted by molar-refractivity contribution is 7.92. The molecular formula is C25H25ClF3N3O6S2. The molecule has 0 aliphatic carbocycles. The van der Waals surface area contributed by atoms with E-state index in [1.54, 1.807) is 19.1 Å². The molecule has 3 rings (SSSR count). The molecule has 0 spiro atoms. The number of benzene rings is 3. The fourth-order valence-electron chi connectivity index (χ4n) is 3.65. The van der Waals surface area contributed by atoms with Crippen molar-refractivity contribution in [2.45, 2.75) is 31.0 Å². The van der Waals surface area contributed by atoms with Crippen molar-refractivity contribution >= 4 is 54.6 Å². The maximum Gasteiger partial charge on any atom is 0.417 e. The molecule has 1 atom stereocenters. The van der Waals surface area contributed by atoms with Crippen molar-refractivity contribution < 1.29 is 39.5 Å². The van der Waals surface area contributed by atoms with E-state index in [4.69, 9.17) is 16.3 Å². The topological polar surface area (TPSA) is 122 Å². The minimum absolute atomic E-state index is 0.154. The minimum atomic E-state index is -4.78. The van der Waals surface area contributed by atoms with Gasteiger partial charge >= 0.3 is 6.18 Å². The smallest absolute Gasteiger partial charge is 0.417 e. The van der Waals surface area contributed by atoms with Gasteiger partial charge in [-0.25, -0.2) is 16.8 Å². The fourth-order valence-corrected chi connectivity index (χ4v) is 6.10. The maximum atomic E-state index is 13.1. The second kappa shape index (κ2) is 11.9. The highest BCUT2D eigenvalue weighted by Gasteiger charge is 2.34. The standard InChI is InChI=1S/C25H25ClF3N3O6S2/c1-4-38-20-10-8-19(9-11-20)32(39(3,34)35)16(2)24(33)30-17-5-12-21(13-6-17)40(36,37)31-18-7-14-23(26)22(15-18)25(27,28)29/h5-16,31H,4H2,1-3H3,(H,30,33)/t16-/m0/s1. The van der Waals surface area contributed by atoms with Crippen LogP contribution in [0.15, 0.2) is 71.6 Å². The molecule has 1 amide bonds. The van der Waals surface area contributed by atoms with Gasteiger partial charge in [-0.2, -0.15) is 13.2 Å². The Morgan fingerprint density at radius 3 is 2.08 bits per heavy atom. The Morgan fingerprint density at radius 2 is 1.55 bits per heavy atom. The molecule has 40 heavy (non-hydrogen) atoms. The van der Waals surface area contributed by atoms with Gasteiger partial charge < -0.3 is 10.1 Å². The summed E-state index contributed by atoms with van der Waals surface area (Å²) in [6.07, 6.45) is -3.83. The van der Waals surface area contributed by atoms with Gasteiger partial charge in [0.2, 0.25) is 15.9 Å². The zero-order valence-corrected chi connectivity index (χ0v) is 23.7. The number of amides is 1. The summed E-state index contributed by atoms with van der Waals surface area (Å²) in [5.41, 5.74) is -1.16. The molecule has 216 valence electrons. The number of carbonyl (C=O) groups is 1. The number of hydrogen-bond donors (Lipinski definition) is 2. The third-order valence-electron chi connectivity index (χ3n) is 5.45. The van der Waals surface area contributed by atoms with Crippen LogP contribution in [0.3, 0.4) is 0 Å². The zero-order valence-electron chi connectivity index (χ0n) is 21.4. The average molecular weight is 620 g/mol. The highest BCUT2D eigenvalue weighted by Crippen LogP contribution is 2.36. The Balaban J connectivity index is 1.76. The van der Waals surface area contributed by atoms with Crippen LogP contribution in [0.25, 0.3) is 0 Å². The van der Waals surface area contributed by atoms with Gasteiger partial charge in [-0.05, 0) is 80.6 Å². The largest absolute Gasteiger partial charge is 0.494 e. The molecule has 0 radical (unpaired) electrons. The van der Waals surface area contributed by atoms with Crippen LogP contribution in [0.1, 0.15) is 19.4 Å². The summed E-state index contributed by atoms with van der Waals surface area (Å²) in [4.78, 5) is 12.6. The van der Waals surface area contributed by atoms with E-state index in [1.165, 1.54) is 31.2 Å². The zero-order chi connectivity index (χ0) is 29.9. The van der Waals surface area contributed by atoms with E-state index < -0.39 is 48.8 Å². The SMILES string of the molecule is CCOc1ccc(N([C@@H](C)C(=O)Nc2ccc(S(=O)(=O)Nc3ccc(Cl)c(C(F)(F)F)c3)cc2)S(C)(=O)=O)cc1. The number of sulfonamides is 2. The summed E-state index contributed by atoms with van der Waals surface area (Å²) in [6, 6.07) is 12.3. The number of carbonyl (C=O) groups excluding carboxylic acids is 1. The third-order valence-corrected chi connectivity index (χ3v) is 8.42. The molecule has 0 heterocycles. The van der Waals surface area contributed by atoms with Crippen LogP contribution in [0, 0.1) is 0 Å². The lowest BCUT2D eigenvalue weighted by Crippen LogP contribution is -2.45. The third kappa shape index (κ3) is 7.58. The molecule has 3 aromatic carbocycles.